The molecule has 104 valence electrons. The van der Waals surface area contributed by atoms with Crippen LogP contribution in [0.5, 0.6) is 0 Å². The van der Waals surface area contributed by atoms with Gasteiger partial charge in [-0.1, -0.05) is 37.6 Å². The Morgan fingerprint density at radius 2 is 2.00 bits per heavy atom. The summed E-state index contributed by atoms with van der Waals surface area (Å²) in [6.45, 7) is 4.18. The van der Waals surface area contributed by atoms with Gasteiger partial charge in [-0.15, -0.1) is 0 Å². The Labute approximate surface area is 122 Å². The van der Waals surface area contributed by atoms with Gasteiger partial charge in [-0.2, -0.15) is 0 Å². The fourth-order valence-electron chi connectivity index (χ4n) is 3.17. The van der Waals surface area contributed by atoms with Crippen LogP contribution in [0.1, 0.15) is 60.1 Å². The highest BCUT2D eigenvalue weighted by Crippen LogP contribution is 2.42. The number of pyridine rings is 1. The maximum atomic E-state index is 11.8. The molecule has 3 nitrogen and oxygen atoms in total. The molecule has 4 heteroatoms. The van der Waals surface area contributed by atoms with E-state index in [2.05, 4.69) is 13.8 Å². The van der Waals surface area contributed by atoms with E-state index in [0.717, 1.165) is 24.1 Å². The van der Waals surface area contributed by atoms with Crippen LogP contribution >= 0.6 is 11.6 Å². The number of benzene rings is 1. The van der Waals surface area contributed by atoms with Crippen LogP contribution in [0, 0.1) is 0 Å². The summed E-state index contributed by atoms with van der Waals surface area (Å²) in [6.07, 6.45) is 2.04. The predicted octanol–water partition coefficient (Wildman–Crippen LogP) is 4.59. The summed E-state index contributed by atoms with van der Waals surface area (Å²) in [6, 6.07) is 5.33. The monoisotopic (exact) mass is 289 g/mol. The number of para-hydroxylation sites is 1. The third-order valence-corrected chi connectivity index (χ3v) is 4.54. The topological polar surface area (TPSA) is 50.2 Å². The van der Waals surface area contributed by atoms with Crippen LogP contribution in [0.4, 0.5) is 0 Å². The predicted molar refractivity (Wildman–Crippen MR) is 79.8 cm³/mol. The molecule has 0 aliphatic heterocycles. The van der Waals surface area contributed by atoms with Crippen molar-refractivity contribution in [2.75, 3.05) is 0 Å². The summed E-state index contributed by atoms with van der Waals surface area (Å²) in [5.41, 5.74) is 2.78. The van der Waals surface area contributed by atoms with Crippen molar-refractivity contribution in [2.24, 2.45) is 0 Å². The minimum atomic E-state index is -0.892. The maximum absolute atomic E-state index is 11.8. The largest absolute Gasteiger partial charge is 0.478 e. The van der Waals surface area contributed by atoms with Crippen LogP contribution in [0.15, 0.2) is 18.2 Å². The van der Waals surface area contributed by atoms with E-state index >= 15 is 0 Å². The van der Waals surface area contributed by atoms with Gasteiger partial charge in [0.1, 0.15) is 0 Å². The van der Waals surface area contributed by atoms with Gasteiger partial charge in [0.15, 0.2) is 0 Å². The SMILES string of the molecule is CC1CCC(C)c2c1nc1c(Cl)cccc1c2C(=O)O. The number of rotatable bonds is 1. The molecule has 2 aromatic rings. The molecule has 0 bridgehead atoms. The van der Waals surface area contributed by atoms with Crippen LogP contribution in [-0.2, 0) is 0 Å². The van der Waals surface area contributed by atoms with E-state index in [1.165, 1.54) is 0 Å². The summed E-state index contributed by atoms with van der Waals surface area (Å²) < 4.78 is 0. The average Bonchev–Trinajstić information content (AvgIpc) is 2.41. The van der Waals surface area contributed by atoms with E-state index in [4.69, 9.17) is 16.6 Å². The standard InChI is InChI=1S/C16H16ClNO2/c1-8-6-7-9(2)14-12(8)13(16(19)20)10-4-3-5-11(17)15(10)18-14/h3-5,8-9H,6-7H2,1-2H3,(H,19,20). The van der Waals surface area contributed by atoms with E-state index in [9.17, 15) is 9.90 Å². The second-order valence-corrected chi connectivity index (χ2v) is 6.01. The molecule has 2 unspecified atom stereocenters. The Morgan fingerprint density at radius 3 is 2.70 bits per heavy atom. The van der Waals surface area contributed by atoms with Crippen molar-refractivity contribution in [3.63, 3.8) is 0 Å². The lowest BCUT2D eigenvalue weighted by molar-refractivity contribution is 0.0696. The highest BCUT2D eigenvalue weighted by Gasteiger charge is 2.30. The van der Waals surface area contributed by atoms with Gasteiger partial charge in [0.2, 0.25) is 0 Å². The molecule has 3 rings (SSSR count). The molecule has 1 aromatic heterocycles. The van der Waals surface area contributed by atoms with Crippen molar-refractivity contribution in [1.82, 2.24) is 4.98 Å². The number of aromatic nitrogens is 1. The molecule has 1 N–H and O–H groups in total. The fourth-order valence-corrected chi connectivity index (χ4v) is 3.39. The quantitative estimate of drug-likeness (QED) is 0.835. The summed E-state index contributed by atoms with van der Waals surface area (Å²) in [4.78, 5) is 16.5. The first kappa shape index (κ1) is 13.4. The van der Waals surface area contributed by atoms with Crippen molar-refractivity contribution in [1.29, 1.82) is 0 Å². The molecule has 0 spiro atoms. The van der Waals surface area contributed by atoms with E-state index in [1.807, 2.05) is 0 Å². The van der Waals surface area contributed by atoms with Gasteiger partial charge < -0.3 is 5.11 Å². The van der Waals surface area contributed by atoms with Crippen LogP contribution in [0.2, 0.25) is 5.02 Å². The molecule has 20 heavy (non-hydrogen) atoms. The molecule has 1 aromatic carbocycles. The van der Waals surface area contributed by atoms with Crippen molar-refractivity contribution in [2.45, 2.75) is 38.5 Å². The van der Waals surface area contributed by atoms with Gasteiger partial charge in [-0.25, -0.2) is 4.79 Å². The fraction of sp³-hybridized carbons (Fsp3) is 0.375. The lowest BCUT2D eigenvalue weighted by Gasteiger charge is -2.28. The van der Waals surface area contributed by atoms with Gasteiger partial charge in [0, 0.05) is 11.1 Å². The van der Waals surface area contributed by atoms with E-state index < -0.39 is 5.97 Å². The summed E-state index contributed by atoms with van der Waals surface area (Å²) in [7, 11) is 0. The van der Waals surface area contributed by atoms with Crippen molar-refractivity contribution in [3.8, 4) is 0 Å². The second kappa shape index (κ2) is 4.74. The van der Waals surface area contributed by atoms with Gasteiger partial charge >= 0.3 is 5.97 Å². The number of carboxylic acid groups (broad SMARTS) is 1. The number of halogens is 1. The Hall–Kier alpha value is -1.61. The Balaban J connectivity index is 2.48. The Morgan fingerprint density at radius 1 is 1.30 bits per heavy atom. The molecular formula is C16H16ClNO2. The smallest absolute Gasteiger partial charge is 0.336 e. The molecular weight excluding hydrogens is 274 g/mol. The first-order valence-corrected chi connectivity index (χ1v) is 7.23. The Bertz CT molecular complexity index is 711. The number of carbonyl (C=O) groups is 1. The normalized spacial score (nSPS) is 21.8. The highest BCUT2D eigenvalue weighted by atomic mass is 35.5. The minimum absolute atomic E-state index is 0.225. The molecule has 0 saturated heterocycles. The lowest BCUT2D eigenvalue weighted by atomic mass is 9.78. The van der Waals surface area contributed by atoms with Crippen LogP contribution < -0.4 is 0 Å². The summed E-state index contributed by atoms with van der Waals surface area (Å²) in [5.74, 6) is -0.389. The molecule has 1 heterocycles. The molecule has 0 saturated carbocycles. The van der Waals surface area contributed by atoms with E-state index in [1.54, 1.807) is 18.2 Å². The van der Waals surface area contributed by atoms with Gasteiger partial charge in [0.25, 0.3) is 0 Å². The van der Waals surface area contributed by atoms with Crippen LogP contribution in [-0.4, -0.2) is 16.1 Å². The summed E-state index contributed by atoms with van der Waals surface area (Å²) >= 11 is 6.20. The molecule has 0 radical (unpaired) electrons. The minimum Gasteiger partial charge on any atom is -0.478 e. The lowest BCUT2D eigenvalue weighted by Crippen LogP contribution is -2.18. The van der Waals surface area contributed by atoms with E-state index in [-0.39, 0.29) is 11.8 Å². The number of carboxylic acids is 1. The molecule has 1 aliphatic rings. The van der Waals surface area contributed by atoms with Gasteiger partial charge in [-0.3, -0.25) is 4.98 Å². The van der Waals surface area contributed by atoms with Crippen LogP contribution in [0.25, 0.3) is 10.9 Å². The van der Waals surface area contributed by atoms with Gasteiger partial charge in [-0.05, 0) is 36.3 Å². The zero-order valence-electron chi connectivity index (χ0n) is 11.5. The average molecular weight is 290 g/mol. The van der Waals surface area contributed by atoms with Crippen molar-refractivity contribution in [3.05, 3.63) is 40.0 Å². The van der Waals surface area contributed by atoms with E-state index in [0.29, 0.717) is 21.5 Å². The zero-order chi connectivity index (χ0) is 14.4. The number of nitrogens with zero attached hydrogens (tertiary/aromatic N) is 1. The zero-order valence-corrected chi connectivity index (χ0v) is 12.2. The number of hydrogen-bond donors (Lipinski definition) is 1. The third-order valence-electron chi connectivity index (χ3n) is 4.24. The molecule has 2 atom stereocenters. The first-order chi connectivity index (χ1) is 9.50. The molecule has 0 amide bonds. The first-order valence-electron chi connectivity index (χ1n) is 6.86. The number of aromatic carboxylic acids is 1. The number of hydrogen-bond acceptors (Lipinski definition) is 2. The van der Waals surface area contributed by atoms with Crippen molar-refractivity contribution < 1.29 is 9.90 Å². The maximum Gasteiger partial charge on any atom is 0.336 e. The summed E-state index contributed by atoms with van der Waals surface area (Å²) in [5, 5.41) is 10.8. The third kappa shape index (κ3) is 1.88. The molecule has 1 aliphatic carbocycles. The molecule has 0 fully saturated rings. The number of fused-ring (bicyclic) bond motifs is 2. The highest BCUT2D eigenvalue weighted by molar-refractivity contribution is 6.35. The Kier molecular flexibility index (Phi) is 3.17. The second-order valence-electron chi connectivity index (χ2n) is 5.61. The van der Waals surface area contributed by atoms with Crippen molar-refractivity contribution >= 4 is 28.5 Å². The van der Waals surface area contributed by atoms with Crippen LogP contribution in [0.3, 0.4) is 0 Å². The van der Waals surface area contributed by atoms with Gasteiger partial charge in [0.05, 0.1) is 16.1 Å².